The van der Waals surface area contributed by atoms with Gasteiger partial charge in [0.1, 0.15) is 16.9 Å². The minimum atomic E-state index is -0.123. The molecule has 2 heterocycles. The summed E-state index contributed by atoms with van der Waals surface area (Å²) in [5.41, 5.74) is 3.04. The molecule has 0 saturated heterocycles. The lowest BCUT2D eigenvalue weighted by Gasteiger charge is -2.17. The van der Waals surface area contributed by atoms with E-state index in [1.54, 1.807) is 11.3 Å². The van der Waals surface area contributed by atoms with Crippen molar-refractivity contribution in [3.8, 4) is 6.07 Å². The molecule has 0 radical (unpaired) electrons. The van der Waals surface area contributed by atoms with Crippen LogP contribution in [0.2, 0.25) is 0 Å². The molecule has 6 nitrogen and oxygen atoms in total. The van der Waals surface area contributed by atoms with Crippen molar-refractivity contribution in [3.63, 3.8) is 0 Å². The molecule has 1 aliphatic rings. The number of thiophene rings is 1. The molecule has 1 aliphatic carbocycles. The molecule has 0 spiro atoms. The van der Waals surface area contributed by atoms with Crippen LogP contribution in [-0.2, 0) is 37.5 Å². The Bertz CT molecular complexity index is 1110. The molecular weight excluding hydrogens is 426 g/mol. The van der Waals surface area contributed by atoms with E-state index in [1.165, 1.54) is 22.2 Å². The number of thioether (sulfide) groups is 1. The monoisotopic (exact) mass is 451 g/mol. The van der Waals surface area contributed by atoms with E-state index in [4.69, 9.17) is 0 Å². The van der Waals surface area contributed by atoms with E-state index in [1.807, 2.05) is 29.8 Å². The highest BCUT2D eigenvalue weighted by Gasteiger charge is 2.24. The van der Waals surface area contributed by atoms with E-state index in [0.29, 0.717) is 16.5 Å². The predicted molar refractivity (Wildman–Crippen MR) is 124 cm³/mol. The number of nitriles is 1. The first-order valence-corrected chi connectivity index (χ1v) is 12.2. The number of rotatable bonds is 7. The lowest BCUT2D eigenvalue weighted by molar-refractivity contribution is -0.113. The van der Waals surface area contributed by atoms with E-state index >= 15 is 0 Å². The van der Waals surface area contributed by atoms with E-state index in [2.05, 4.69) is 40.6 Å². The maximum Gasteiger partial charge on any atom is 0.235 e. The van der Waals surface area contributed by atoms with Gasteiger partial charge in [0, 0.05) is 18.3 Å². The topological polar surface area (TPSA) is 83.6 Å². The molecule has 1 amide bonds. The van der Waals surface area contributed by atoms with Crippen molar-refractivity contribution in [3.05, 3.63) is 57.7 Å². The summed E-state index contributed by atoms with van der Waals surface area (Å²) in [6.07, 6.45) is 4.71. The number of hydrogen-bond donors (Lipinski definition) is 1. The first-order chi connectivity index (χ1) is 15.0. The maximum absolute atomic E-state index is 12.6. The van der Waals surface area contributed by atoms with Gasteiger partial charge in [0.2, 0.25) is 5.91 Å². The smallest absolute Gasteiger partial charge is 0.235 e. The Kier molecular flexibility index (Phi) is 6.73. The largest absolute Gasteiger partial charge is 0.316 e. The number of nitrogens with one attached hydrogen (secondary N) is 1. The van der Waals surface area contributed by atoms with E-state index in [-0.39, 0.29) is 11.7 Å². The molecule has 4 rings (SSSR count). The highest BCUT2D eigenvalue weighted by atomic mass is 32.2. The van der Waals surface area contributed by atoms with Crippen molar-refractivity contribution >= 4 is 34.0 Å². The van der Waals surface area contributed by atoms with Crippen molar-refractivity contribution in [2.75, 3.05) is 11.1 Å². The first-order valence-electron chi connectivity index (χ1n) is 10.4. The quantitative estimate of drug-likeness (QED) is 0.539. The lowest BCUT2D eigenvalue weighted by atomic mass is 9.89. The number of hydrogen-bond acceptors (Lipinski definition) is 6. The summed E-state index contributed by atoms with van der Waals surface area (Å²) in [5.74, 6) is 1.64. The summed E-state index contributed by atoms with van der Waals surface area (Å²) >= 11 is 2.92. The Morgan fingerprint density at radius 2 is 2.13 bits per heavy atom. The van der Waals surface area contributed by atoms with Gasteiger partial charge in [-0.25, -0.2) is 0 Å². The molecule has 0 fully saturated rings. The molecule has 1 aromatic carbocycles. The van der Waals surface area contributed by atoms with Gasteiger partial charge in [0.25, 0.3) is 0 Å². The number of carbonyl (C=O) groups excluding carboxylic acids is 1. The van der Waals surface area contributed by atoms with Crippen LogP contribution in [0.15, 0.2) is 35.5 Å². The fourth-order valence-corrected chi connectivity index (χ4v) is 5.95. The Morgan fingerprint density at radius 3 is 2.90 bits per heavy atom. The molecule has 3 aromatic rings. The maximum atomic E-state index is 12.6. The molecule has 160 valence electrons. The average molecular weight is 452 g/mol. The number of aryl methyl sites for hydroxylation is 2. The normalized spacial score (nSPS) is 15.3. The van der Waals surface area contributed by atoms with Gasteiger partial charge in [-0.15, -0.1) is 21.5 Å². The van der Waals surface area contributed by atoms with E-state index in [9.17, 15) is 10.1 Å². The van der Waals surface area contributed by atoms with E-state index in [0.717, 1.165) is 48.6 Å². The van der Waals surface area contributed by atoms with Crippen molar-refractivity contribution in [2.24, 2.45) is 13.0 Å². The second-order valence-electron chi connectivity index (χ2n) is 7.95. The Morgan fingerprint density at radius 1 is 1.32 bits per heavy atom. The van der Waals surface area contributed by atoms with Crippen LogP contribution in [-0.4, -0.2) is 26.4 Å². The Balaban J connectivity index is 1.34. The van der Waals surface area contributed by atoms with Gasteiger partial charge in [0.05, 0.1) is 11.3 Å². The van der Waals surface area contributed by atoms with Crippen LogP contribution in [0.1, 0.15) is 40.7 Å². The van der Waals surface area contributed by atoms with Gasteiger partial charge in [-0.2, -0.15) is 5.26 Å². The van der Waals surface area contributed by atoms with Gasteiger partial charge in [-0.05, 0) is 42.7 Å². The highest BCUT2D eigenvalue weighted by molar-refractivity contribution is 7.99. The highest BCUT2D eigenvalue weighted by Crippen LogP contribution is 2.39. The molecule has 1 unspecified atom stereocenters. The van der Waals surface area contributed by atoms with Gasteiger partial charge in [-0.3, -0.25) is 4.79 Å². The van der Waals surface area contributed by atoms with E-state index < -0.39 is 0 Å². The summed E-state index contributed by atoms with van der Waals surface area (Å²) in [6, 6.07) is 12.6. The summed E-state index contributed by atoms with van der Waals surface area (Å²) in [6.45, 7) is 2.23. The molecule has 31 heavy (non-hydrogen) atoms. The number of aromatic nitrogens is 3. The summed E-state index contributed by atoms with van der Waals surface area (Å²) in [7, 11) is 1.93. The van der Waals surface area contributed by atoms with Crippen molar-refractivity contribution in [1.29, 1.82) is 5.26 Å². The van der Waals surface area contributed by atoms with Gasteiger partial charge in [-0.1, -0.05) is 49.0 Å². The number of carbonyl (C=O) groups is 1. The fourth-order valence-electron chi connectivity index (χ4n) is 3.84. The number of fused-ring (bicyclic) bond motifs is 1. The minimum Gasteiger partial charge on any atom is -0.316 e. The van der Waals surface area contributed by atoms with Crippen LogP contribution in [0.3, 0.4) is 0 Å². The third-order valence-corrected chi connectivity index (χ3v) is 7.80. The summed E-state index contributed by atoms with van der Waals surface area (Å²) < 4.78 is 1.95. The SMILES string of the molecule is CC1CCc2c(sc(NC(=O)CSc3nnc(CCc4ccccc4)n3C)c2C#N)C1. The number of amides is 1. The molecule has 0 aliphatic heterocycles. The summed E-state index contributed by atoms with van der Waals surface area (Å²) in [4.78, 5) is 13.8. The second-order valence-corrected chi connectivity index (χ2v) is 10.00. The molecule has 0 saturated carbocycles. The van der Waals surface area contributed by atoms with Crippen LogP contribution in [0.25, 0.3) is 0 Å². The number of nitrogens with zero attached hydrogens (tertiary/aromatic N) is 4. The Labute approximate surface area is 190 Å². The fraction of sp³-hybridized carbons (Fsp3) is 0.391. The molecule has 2 aromatic heterocycles. The standard InChI is InChI=1S/C23H25N5OS2/c1-15-8-10-17-18(13-24)22(31-19(17)12-15)25-21(29)14-30-23-27-26-20(28(23)2)11-9-16-6-4-3-5-7-16/h3-7,15H,8-12,14H2,1-2H3,(H,25,29). The van der Waals surface area contributed by atoms with Crippen LogP contribution in [0, 0.1) is 17.2 Å². The van der Waals surface area contributed by atoms with Crippen molar-refractivity contribution in [1.82, 2.24) is 14.8 Å². The molecular formula is C23H25N5OS2. The average Bonchev–Trinajstić information content (AvgIpc) is 3.30. The van der Waals surface area contributed by atoms with Gasteiger partial charge >= 0.3 is 0 Å². The molecule has 1 atom stereocenters. The second kappa shape index (κ2) is 9.67. The third-order valence-electron chi connectivity index (χ3n) is 5.61. The third kappa shape index (κ3) is 5.00. The lowest BCUT2D eigenvalue weighted by Crippen LogP contribution is -2.14. The number of benzene rings is 1. The summed E-state index contributed by atoms with van der Waals surface area (Å²) in [5, 5.41) is 22.5. The van der Waals surface area contributed by atoms with Crippen molar-refractivity contribution < 1.29 is 4.79 Å². The zero-order chi connectivity index (χ0) is 21.8. The van der Waals surface area contributed by atoms with Crippen LogP contribution in [0.5, 0.6) is 0 Å². The zero-order valence-electron chi connectivity index (χ0n) is 17.7. The van der Waals surface area contributed by atoms with Crippen LogP contribution < -0.4 is 5.32 Å². The molecule has 8 heteroatoms. The minimum absolute atomic E-state index is 0.123. The predicted octanol–water partition coefficient (Wildman–Crippen LogP) is 4.39. The zero-order valence-corrected chi connectivity index (χ0v) is 19.4. The van der Waals surface area contributed by atoms with Crippen LogP contribution in [0.4, 0.5) is 5.00 Å². The molecule has 0 bridgehead atoms. The van der Waals surface area contributed by atoms with Gasteiger partial charge < -0.3 is 9.88 Å². The first kappa shape index (κ1) is 21.6. The van der Waals surface area contributed by atoms with Crippen molar-refractivity contribution in [2.45, 2.75) is 44.2 Å². The molecule has 1 N–H and O–H groups in total. The number of anilines is 1. The Hall–Kier alpha value is -2.63. The van der Waals surface area contributed by atoms with Gasteiger partial charge in [0.15, 0.2) is 5.16 Å². The van der Waals surface area contributed by atoms with Crippen LogP contribution >= 0.6 is 23.1 Å².